The van der Waals surface area contributed by atoms with Gasteiger partial charge in [0.1, 0.15) is 0 Å². The summed E-state index contributed by atoms with van der Waals surface area (Å²) in [5.41, 5.74) is 6.75. The van der Waals surface area contributed by atoms with Gasteiger partial charge in [0.05, 0.1) is 11.2 Å². The topological polar surface area (TPSA) is 54.0 Å². The van der Waals surface area contributed by atoms with Crippen molar-refractivity contribution < 1.29 is 4.79 Å². The number of nitrogens with one attached hydrogen (secondary N) is 2. The predicted molar refractivity (Wildman–Crippen MR) is 78.0 cm³/mol. The second kappa shape index (κ2) is 5.05. The standard InChI is InChI=1S/C14H16ClN3O/c1-14(2,3)13(19)18-17-11-6-7-16-12-8-9(15)4-5-10(11)12/h4-8H,1-3H3,(H,16,17)(H,18,19). The number of carbonyl (C=O) groups is 1. The van der Waals surface area contributed by atoms with E-state index in [1.807, 2.05) is 26.8 Å². The summed E-state index contributed by atoms with van der Waals surface area (Å²) in [6, 6.07) is 7.26. The van der Waals surface area contributed by atoms with Gasteiger partial charge in [0.2, 0.25) is 5.91 Å². The molecule has 0 aliphatic carbocycles. The van der Waals surface area contributed by atoms with E-state index >= 15 is 0 Å². The molecule has 0 spiro atoms. The molecule has 0 unspecified atom stereocenters. The fourth-order valence-electron chi connectivity index (χ4n) is 1.54. The zero-order valence-corrected chi connectivity index (χ0v) is 11.9. The first kappa shape index (κ1) is 13.6. The van der Waals surface area contributed by atoms with Gasteiger partial charge in [0, 0.05) is 22.0 Å². The van der Waals surface area contributed by atoms with Crippen molar-refractivity contribution in [3.63, 3.8) is 0 Å². The van der Waals surface area contributed by atoms with Crippen molar-refractivity contribution in [2.24, 2.45) is 5.41 Å². The van der Waals surface area contributed by atoms with Gasteiger partial charge in [0.15, 0.2) is 0 Å². The molecule has 2 aromatic rings. The lowest BCUT2D eigenvalue weighted by molar-refractivity contribution is -0.127. The summed E-state index contributed by atoms with van der Waals surface area (Å²) in [5.74, 6) is -0.0774. The summed E-state index contributed by atoms with van der Waals surface area (Å²) in [7, 11) is 0. The van der Waals surface area contributed by atoms with E-state index in [9.17, 15) is 4.79 Å². The van der Waals surface area contributed by atoms with Crippen molar-refractivity contribution in [3.05, 3.63) is 35.5 Å². The van der Waals surface area contributed by atoms with Gasteiger partial charge in [-0.05, 0) is 24.3 Å². The zero-order chi connectivity index (χ0) is 14.0. The highest BCUT2D eigenvalue weighted by molar-refractivity contribution is 6.31. The van der Waals surface area contributed by atoms with Gasteiger partial charge >= 0.3 is 0 Å². The Balaban J connectivity index is 2.24. The number of nitrogens with zero attached hydrogens (tertiary/aromatic N) is 1. The number of hydrogen-bond acceptors (Lipinski definition) is 3. The average Bonchev–Trinajstić information content (AvgIpc) is 2.34. The minimum Gasteiger partial charge on any atom is -0.298 e. The van der Waals surface area contributed by atoms with Gasteiger partial charge in [-0.3, -0.25) is 20.6 Å². The Labute approximate surface area is 117 Å². The molecule has 1 aromatic carbocycles. The Bertz CT molecular complexity index is 620. The number of hydrazine groups is 1. The molecule has 0 radical (unpaired) electrons. The van der Waals surface area contributed by atoms with Crippen LogP contribution < -0.4 is 10.9 Å². The van der Waals surface area contributed by atoms with Crippen molar-refractivity contribution in [1.29, 1.82) is 0 Å². The molecule has 1 heterocycles. The maximum Gasteiger partial charge on any atom is 0.243 e. The van der Waals surface area contributed by atoms with E-state index in [0.717, 1.165) is 16.6 Å². The minimum absolute atomic E-state index is 0.0774. The van der Waals surface area contributed by atoms with Crippen LogP contribution in [0.4, 0.5) is 5.69 Å². The van der Waals surface area contributed by atoms with E-state index in [4.69, 9.17) is 11.6 Å². The van der Waals surface area contributed by atoms with Crippen LogP contribution in [-0.4, -0.2) is 10.9 Å². The fraction of sp³-hybridized carbons (Fsp3) is 0.286. The smallest absolute Gasteiger partial charge is 0.243 e. The maximum absolute atomic E-state index is 11.8. The van der Waals surface area contributed by atoms with Crippen molar-refractivity contribution >= 4 is 34.1 Å². The van der Waals surface area contributed by atoms with E-state index in [-0.39, 0.29) is 5.91 Å². The van der Waals surface area contributed by atoms with Crippen LogP contribution in [0, 0.1) is 5.41 Å². The Morgan fingerprint density at radius 1 is 1.26 bits per heavy atom. The summed E-state index contributed by atoms with van der Waals surface area (Å²) >= 11 is 5.93. The van der Waals surface area contributed by atoms with Crippen LogP contribution in [-0.2, 0) is 4.79 Å². The molecule has 0 saturated heterocycles. The van der Waals surface area contributed by atoms with E-state index < -0.39 is 5.41 Å². The van der Waals surface area contributed by atoms with E-state index in [0.29, 0.717) is 5.02 Å². The SMILES string of the molecule is CC(C)(C)C(=O)NNc1ccnc2cc(Cl)ccc12. The van der Waals surface area contributed by atoms with Crippen molar-refractivity contribution in [2.45, 2.75) is 20.8 Å². The van der Waals surface area contributed by atoms with Crippen LogP contribution in [0.15, 0.2) is 30.5 Å². The van der Waals surface area contributed by atoms with Gasteiger partial charge in [0.25, 0.3) is 0 Å². The Kier molecular flexibility index (Phi) is 3.62. The van der Waals surface area contributed by atoms with Crippen molar-refractivity contribution in [2.75, 3.05) is 5.43 Å². The number of fused-ring (bicyclic) bond motifs is 1. The van der Waals surface area contributed by atoms with Gasteiger partial charge in [-0.15, -0.1) is 0 Å². The number of aromatic nitrogens is 1. The fourth-order valence-corrected chi connectivity index (χ4v) is 1.71. The van der Waals surface area contributed by atoms with Gasteiger partial charge in [-0.1, -0.05) is 32.4 Å². The quantitative estimate of drug-likeness (QED) is 0.828. The molecule has 0 aliphatic rings. The van der Waals surface area contributed by atoms with Crippen LogP contribution in [0.25, 0.3) is 10.9 Å². The molecule has 0 aliphatic heterocycles. The Morgan fingerprint density at radius 2 is 2.00 bits per heavy atom. The molecule has 2 rings (SSSR count). The van der Waals surface area contributed by atoms with Crippen molar-refractivity contribution in [3.8, 4) is 0 Å². The second-order valence-corrected chi connectivity index (χ2v) is 5.79. The van der Waals surface area contributed by atoms with E-state index in [2.05, 4.69) is 15.8 Å². The number of carbonyl (C=O) groups excluding carboxylic acids is 1. The summed E-state index contributed by atoms with van der Waals surface area (Å²) in [5, 5.41) is 1.54. The third-order valence-corrected chi connectivity index (χ3v) is 2.93. The molecule has 19 heavy (non-hydrogen) atoms. The number of amides is 1. The number of benzene rings is 1. The summed E-state index contributed by atoms with van der Waals surface area (Å²) < 4.78 is 0. The molecular weight excluding hydrogens is 262 g/mol. The summed E-state index contributed by atoms with van der Waals surface area (Å²) in [6.45, 7) is 5.57. The van der Waals surface area contributed by atoms with Gasteiger partial charge in [-0.2, -0.15) is 0 Å². The van der Waals surface area contributed by atoms with Crippen LogP contribution in [0.5, 0.6) is 0 Å². The molecule has 0 bridgehead atoms. The first-order valence-electron chi connectivity index (χ1n) is 5.98. The van der Waals surface area contributed by atoms with Crippen LogP contribution >= 0.6 is 11.6 Å². The highest BCUT2D eigenvalue weighted by Gasteiger charge is 2.20. The minimum atomic E-state index is -0.445. The third-order valence-electron chi connectivity index (χ3n) is 2.70. The number of anilines is 1. The lowest BCUT2D eigenvalue weighted by Gasteiger charge is -2.19. The van der Waals surface area contributed by atoms with E-state index in [1.165, 1.54) is 0 Å². The molecule has 1 amide bonds. The van der Waals surface area contributed by atoms with Crippen LogP contribution in [0.1, 0.15) is 20.8 Å². The van der Waals surface area contributed by atoms with Crippen molar-refractivity contribution in [1.82, 2.24) is 10.4 Å². The molecule has 0 atom stereocenters. The normalized spacial score (nSPS) is 11.4. The summed E-state index contributed by atoms with van der Waals surface area (Å²) in [6.07, 6.45) is 1.67. The molecular formula is C14H16ClN3O. The maximum atomic E-state index is 11.8. The molecule has 0 saturated carbocycles. The number of hydrogen-bond donors (Lipinski definition) is 2. The highest BCUT2D eigenvalue weighted by Crippen LogP contribution is 2.24. The average molecular weight is 278 g/mol. The monoisotopic (exact) mass is 277 g/mol. The van der Waals surface area contributed by atoms with Gasteiger partial charge < -0.3 is 0 Å². The molecule has 0 fully saturated rings. The first-order valence-corrected chi connectivity index (χ1v) is 6.36. The first-order chi connectivity index (χ1) is 8.88. The number of halogens is 1. The van der Waals surface area contributed by atoms with E-state index in [1.54, 1.807) is 24.4 Å². The Morgan fingerprint density at radius 3 is 2.68 bits per heavy atom. The lowest BCUT2D eigenvalue weighted by atomic mass is 9.96. The number of rotatable bonds is 2. The second-order valence-electron chi connectivity index (χ2n) is 5.35. The third kappa shape index (κ3) is 3.15. The molecule has 4 nitrogen and oxygen atoms in total. The molecule has 2 N–H and O–H groups in total. The van der Waals surface area contributed by atoms with Crippen LogP contribution in [0.3, 0.4) is 0 Å². The largest absolute Gasteiger partial charge is 0.298 e. The lowest BCUT2D eigenvalue weighted by Crippen LogP contribution is -2.38. The molecule has 100 valence electrons. The zero-order valence-electron chi connectivity index (χ0n) is 11.1. The summed E-state index contributed by atoms with van der Waals surface area (Å²) in [4.78, 5) is 16.1. The highest BCUT2D eigenvalue weighted by atomic mass is 35.5. The molecule has 5 heteroatoms. The number of pyridine rings is 1. The molecule has 1 aromatic heterocycles. The van der Waals surface area contributed by atoms with Gasteiger partial charge in [-0.25, -0.2) is 0 Å². The Hall–Kier alpha value is -1.81. The predicted octanol–water partition coefficient (Wildman–Crippen LogP) is 3.38. The van der Waals surface area contributed by atoms with Crippen LogP contribution in [0.2, 0.25) is 5.02 Å².